The molecule has 25 heavy (non-hydrogen) atoms. The second-order valence-corrected chi connectivity index (χ2v) is 6.39. The molecule has 1 fully saturated rings. The Hall–Kier alpha value is -2.37. The number of rotatable bonds is 5. The van der Waals surface area contributed by atoms with Crippen molar-refractivity contribution in [3.63, 3.8) is 0 Å². The maximum Gasteiger partial charge on any atom is 0.229 e. The summed E-state index contributed by atoms with van der Waals surface area (Å²) in [6, 6.07) is 14.6. The summed E-state index contributed by atoms with van der Waals surface area (Å²) in [5, 5.41) is 3.39. The average Bonchev–Trinajstić information content (AvgIpc) is 2.98. The number of halogens is 1. The summed E-state index contributed by atoms with van der Waals surface area (Å²) in [4.78, 5) is 26.4. The molecule has 1 unspecified atom stereocenters. The lowest BCUT2D eigenvalue weighted by Gasteiger charge is -2.18. The number of nitrogens with zero attached hydrogens (tertiary/aromatic N) is 1. The first-order valence-electron chi connectivity index (χ1n) is 8.02. The van der Waals surface area contributed by atoms with Crippen LogP contribution in [-0.4, -0.2) is 25.5 Å². The van der Waals surface area contributed by atoms with Crippen LogP contribution < -0.4 is 10.2 Å². The molecule has 1 atom stereocenters. The molecule has 6 heteroatoms. The molecule has 0 radical (unpaired) electrons. The number of anilines is 2. The van der Waals surface area contributed by atoms with Crippen LogP contribution >= 0.6 is 11.6 Å². The molecule has 2 amide bonds. The summed E-state index contributed by atoms with van der Waals surface area (Å²) in [6.07, 6.45) is 0.175. The van der Waals surface area contributed by atoms with Crippen molar-refractivity contribution in [1.29, 1.82) is 0 Å². The number of amides is 2. The minimum atomic E-state index is -0.408. The van der Waals surface area contributed by atoms with E-state index in [-0.39, 0.29) is 18.2 Å². The Morgan fingerprint density at radius 3 is 2.84 bits per heavy atom. The van der Waals surface area contributed by atoms with E-state index in [1.165, 1.54) is 0 Å². The van der Waals surface area contributed by atoms with Crippen molar-refractivity contribution >= 4 is 34.8 Å². The third kappa shape index (κ3) is 4.00. The van der Waals surface area contributed by atoms with Gasteiger partial charge in [-0.05, 0) is 29.8 Å². The van der Waals surface area contributed by atoms with Gasteiger partial charge in [-0.3, -0.25) is 9.59 Å². The minimum absolute atomic E-state index is 0.0959. The van der Waals surface area contributed by atoms with E-state index >= 15 is 0 Å². The first-order valence-corrected chi connectivity index (χ1v) is 8.40. The van der Waals surface area contributed by atoms with Crippen LogP contribution in [0.3, 0.4) is 0 Å². The molecule has 0 spiro atoms. The summed E-state index contributed by atoms with van der Waals surface area (Å²) in [5.41, 5.74) is 2.32. The van der Waals surface area contributed by atoms with E-state index in [4.69, 9.17) is 16.3 Å². The van der Waals surface area contributed by atoms with Crippen molar-refractivity contribution in [1.82, 2.24) is 0 Å². The fourth-order valence-electron chi connectivity index (χ4n) is 2.94. The van der Waals surface area contributed by atoms with E-state index in [9.17, 15) is 9.59 Å². The first-order chi connectivity index (χ1) is 12.1. The van der Waals surface area contributed by atoms with Gasteiger partial charge in [0.2, 0.25) is 11.8 Å². The molecule has 1 aliphatic rings. The summed E-state index contributed by atoms with van der Waals surface area (Å²) >= 11 is 6.17. The molecule has 2 aromatic rings. The quantitative estimate of drug-likeness (QED) is 0.890. The summed E-state index contributed by atoms with van der Waals surface area (Å²) < 4.78 is 5.10. The number of nitrogens with one attached hydrogen (secondary N) is 1. The van der Waals surface area contributed by atoms with Crippen molar-refractivity contribution in [3.05, 3.63) is 59.1 Å². The van der Waals surface area contributed by atoms with Gasteiger partial charge in [0.1, 0.15) is 0 Å². The second-order valence-electron chi connectivity index (χ2n) is 5.98. The molecule has 1 saturated heterocycles. The lowest BCUT2D eigenvalue weighted by Crippen LogP contribution is -2.28. The standard InChI is InChI=1S/C19H19ClN2O3/c1-25-12-13-5-4-6-15(9-13)21-19(24)14-10-18(23)22(11-14)17-8-3-2-7-16(17)20/h2-9,14H,10-12H2,1H3,(H,21,24). The molecule has 0 bridgehead atoms. The number of para-hydroxylation sites is 1. The van der Waals surface area contributed by atoms with Crippen molar-refractivity contribution in [3.8, 4) is 0 Å². The third-order valence-corrected chi connectivity index (χ3v) is 4.46. The van der Waals surface area contributed by atoms with Gasteiger partial charge in [0, 0.05) is 25.8 Å². The minimum Gasteiger partial charge on any atom is -0.380 e. The highest BCUT2D eigenvalue weighted by Crippen LogP contribution is 2.31. The predicted molar refractivity (Wildman–Crippen MR) is 97.7 cm³/mol. The zero-order valence-electron chi connectivity index (χ0n) is 13.9. The zero-order valence-corrected chi connectivity index (χ0v) is 14.6. The Morgan fingerprint density at radius 2 is 2.08 bits per heavy atom. The maximum atomic E-state index is 12.5. The monoisotopic (exact) mass is 358 g/mol. The van der Waals surface area contributed by atoms with Crippen molar-refractivity contribution in [2.45, 2.75) is 13.0 Å². The molecule has 0 aliphatic carbocycles. The summed E-state index contributed by atoms with van der Waals surface area (Å²) in [6.45, 7) is 0.804. The number of hydrogen-bond donors (Lipinski definition) is 1. The zero-order chi connectivity index (χ0) is 17.8. The molecule has 130 valence electrons. The van der Waals surface area contributed by atoms with Gasteiger partial charge >= 0.3 is 0 Å². The summed E-state index contributed by atoms with van der Waals surface area (Å²) in [5.74, 6) is -0.672. The second kappa shape index (κ2) is 7.68. The van der Waals surface area contributed by atoms with Crippen LogP contribution in [0, 0.1) is 5.92 Å². The van der Waals surface area contributed by atoms with Gasteiger partial charge in [-0.15, -0.1) is 0 Å². The van der Waals surface area contributed by atoms with Crippen LogP contribution in [0.25, 0.3) is 0 Å². The van der Waals surface area contributed by atoms with E-state index in [2.05, 4.69) is 5.32 Å². The highest BCUT2D eigenvalue weighted by molar-refractivity contribution is 6.33. The van der Waals surface area contributed by atoms with Gasteiger partial charge in [0.15, 0.2) is 0 Å². The molecule has 1 N–H and O–H groups in total. The van der Waals surface area contributed by atoms with E-state index in [1.54, 1.807) is 24.1 Å². The molecule has 3 rings (SSSR count). The Balaban J connectivity index is 1.69. The molecule has 5 nitrogen and oxygen atoms in total. The highest BCUT2D eigenvalue weighted by atomic mass is 35.5. The van der Waals surface area contributed by atoms with Crippen LogP contribution in [0.5, 0.6) is 0 Å². The fraction of sp³-hybridized carbons (Fsp3) is 0.263. The van der Waals surface area contributed by atoms with Gasteiger partial charge in [-0.25, -0.2) is 0 Å². The van der Waals surface area contributed by atoms with Crippen LogP contribution in [-0.2, 0) is 20.9 Å². The van der Waals surface area contributed by atoms with Crippen LogP contribution in [0.15, 0.2) is 48.5 Å². The Bertz CT molecular complexity index is 794. The predicted octanol–water partition coefficient (Wildman–Crippen LogP) is 3.48. The number of hydrogen-bond acceptors (Lipinski definition) is 3. The van der Waals surface area contributed by atoms with Gasteiger partial charge in [-0.1, -0.05) is 35.9 Å². The number of carbonyl (C=O) groups is 2. The number of benzene rings is 2. The topological polar surface area (TPSA) is 58.6 Å². The van der Waals surface area contributed by atoms with Crippen LogP contribution in [0.2, 0.25) is 5.02 Å². The lowest BCUT2D eigenvalue weighted by molar-refractivity contribution is -0.122. The highest BCUT2D eigenvalue weighted by Gasteiger charge is 2.35. The van der Waals surface area contributed by atoms with Crippen molar-refractivity contribution in [2.24, 2.45) is 5.92 Å². The molecule has 0 aromatic heterocycles. The van der Waals surface area contributed by atoms with E-state index in [0.29, 0.717) is 29.5 Å². The SMILES string of the molecule is COCc1cccc(NC(=O)C2CC(=O)N(c3ccccc3Cl)C2)c1. The van der Waals surface area contributed by atoms with E-state index < -0.39 is 5.92 Å². The number of methoxy groups -OCH3 is 1. The van der Waals surface area contributed by atoms with E-state index in [1.807, 2.05) is 36.4 Å². The van der Waals surface area contributed by atoms with Gasteiger partial charge in [-0.2, -0.15) is 0 Å². The molecular formula is C19H19ClN2O3. The maximum absolute atomic E-state index is 12.5. The van der Waals surface area contributed by atoms with Gasteiger partial charge in [0.25, 0.3) is 0 Å². The third-order valence-electron chi connectivity index (χ3n) is 4.14. The molecule has 1 heterocycles. The Morgan fingerprint density at radius 1 is 1.28 bits per heavy atom. The normalized spacial score (nSPS) is 17.0. The first kappa shape index (κ1) is 17.5. The molecule has 0 saturated carbocycles. The summed E-state index contributed by atoms with van der Waals surface area (Å²) in [7, 11) is 1.62. The van der Waals surface area contributed by atoms with Crippen LogP contribution in [0.4, 0.5) is 11.4 Å². The van der Waals surface area contributed by atoms with E-state index in [0.717, 1.165) is 5.56 Å². The largest absolute Gasteiger partial charge is 0.380 e. The lowest BCUT2D eigenvalue weighted by atomic mass is 10.1. The molecular weight excluding hydrogens is 340 g/mol. The van der Waals surface area contributed by atoms with Crippen molar-refractivity contribution < 1.29 is 14.3 Å². The van der Waals surface area contributed by atoms with Crippen molar-refractivity contribution in [2.75, 3.05) is 23.9 Å². The number of carbonyl (C=O) groups excluding carboxylic acids is 2. The molecule has 1 aliphatic heterocycles. The van der Waals surface area contributed by atoms with Crippen LogP contribution in [0.1, 0.15) is 12.0 Å². The number of ether oxygens (including phenoxy) is 1. The fourth-order valence-corrected chi connectivity index (χ4v) is 3.17. The molecule has 2 aromatic carbocycles. The van der Waals surface area contributed by atoms with Gasteiger partial charge in [0.05, 0.1) is 23.2 Å². The Labute approximate surface area is 151 Å². The smallest absolute Gasteiger partial charge is 0.229 e. The van der Waals surface area contributed by atoms with Gasteiger partial charge < -0.3 is 15.0 Å². The average molecular weight is 359 g/mol. The Kier molecular flexibility index (Phi) is 5.36.